The second kappa shape index (κ2) is 7.54. The molecule has 1 atom stereocenters. The van der Waals surface area contributed by atoms with Crippen LogP contribution in [0.1, 0.15) is 18.4 Å². The van der Waals surface area contributed by atoms with Crippen molar-refractivity contribution in [2.45, 2.75) is 18.3 Å². The second-order valence-electron chi connectivity index (χ2n) is 5.53. The molecule has 3 N–H and O–H groups in total. The third-order valence-corrected chi connectivity index (χ3v) is 4.25. The van der Waals surface area contributed by atoms with Crippen molar-refractivity contribution < 1.29 is 14.6 Å². The molecule has 0 aromatic heterocycles. The number of morpholine rings is 1. The molecule has 5 heteroatoms. The fraction of sp³-hybridized carbons (Fsp3) is 0.562. The Bertz CT molecular complexity index is 446. The minimum atomic E-state index is -0.979. The number of carbonyl (C=O) groups is 1. The van der Waals surface area contributed by atoms with Crippen molar-refractivity contribution in [3.63, 3.8) is 0 Å². The molecule has 0 spiro atoms. The summed E-state index contributed by atoms with van der Waals surface area (Å²) in [5, 5.41) is 9.80. The zero-order valence-electron chi connectivity index (χ0n) is 12.3. The summed E-state index contributed by atoms with van der Waals surface area (Å²) in [6.45, 7) is 4.02. The zero-order chi connectivity index (χ0) is 15.1. The van der Waals surface area contributed by atoms with Crippen molar-refractivity contribution in [3.05, 3.63) is 35.9 Å². The number of nitrogens with two attached hydrogens (primary N) is 1. The Hall–Kier alpha value is -1.43. The molecule has 0 bridgehead atoms. The van der Waals surface area contributed by atoms with Gasteiger partial charge in [-0.25, -0.2) is 0 Å². The van der Waals surface area contributed by atoms with E-state index in [9.17, 15) is 9.90 Å². The van der Waals surface area contributed by atoms with Gasteiger partial charge in [0.05, 0.1) is 25.2 Å². The summed E-state index contributed by atoms with van der Waals surface area (Å²) in [6.07, 6.45) is 1.37. The lowest BCUT2D eigenvalue weighted by molar-refractivity contribution is -0.125. The first-order valence-corrected chi connectivity index (χ1v) is 7.45. The van der Waals surface area contributed by atoms with Gasteiger partial charge in [-0.2, -0.15) is 0 Å². The molecule has 0 radical (unpaired) electrons. The monoisotopic (exact) mass is 292 g/mol. The molecular weight excluding hydrogens is 268 g/mol. The highest BCUT2D eigenvalue weighted by atomic mass is 16.5. The van der Waals surface area contributed by atoms with Gasteiger partial charge in [0.15, 0.2) is 0 Å². The lowest BCUT2D eigenvalue weighted by atomic mass is 9.76. The minimum Gasteiger partial charge on any atom is -0.395 e. The number of rotatable bonds is 7. The van der Waals surface area contributed by atoms with Crippen LogP contribution in [0.15, 0.2) is 30.3 Å². The number of primary amides is 1. The highest BCUT2D eigenvalue weighted by Gasteiger charge is 2.37. The van der Waals surface area contributed by atoms with Crippen LogP contribution in [0, 0.1) is 0 Å². The Kier molecular flexibility index (Phi) is 5.73. The number of amides is 1. The van der Waals surface area contributed by atoms with E-state index in [1.165, 1.54) is 0 Å². The van der Waals surface area contributed by atoms with Crippen molar-refractivity contribution in [1.29, 1.82) is 0 Å². The molecule has 1 heterocycles. The normalized spacial score (nSPS) is 19.1. The molecule has 116 valence electrons. The van der Waals surface area contributed by atoms with E-state index in [2.05, 4.69) is 4.90 Å². The van der Waals surface area contributed by atoms with E-state index in [0.29, 0.717) is 6.42 Å². The summed E-state index contributed by atoms with van der Waals surface area (Å²) < 4.78 is 5.32. The van der Waals surface area contributed by atoms with Gasteiger partial charge < -0.3 is 15.6 Å². The van der Waals surface area contributed by atoms with Crippen molar-refractivity contribution >= 4 is 5.91 Å². The fourth-order valence-electron chi connectivity index (χ4n) is 2.84. The van der Waals surface area contributed by atoms with Crippen LogP contribution in [0.4, 0.5) is 0 Å². The molecule has 0 saturated carbocycles. The van der Waals surface area contributed by atoms with Crippen LogP contribution in [-0.4, -0.2) is 55.4 Å². The molecule has 5 nitrogen and oxygen atoms in total. The largest absolute Gasteiger partial charge is 0.395 e. The van der Waals surface area contributed by atoms with Crippen LogP contribution in [-0.2, 0) is 14.9 Å². The number of aliphatic hydroxyl groups is 1. The summed E-state index contributed by atoms with van der Waals surface area (Å²) in [4.78, 5) is 14.3. The van der Waals surface area contributed by atoms with Crippen LogP contribution in [0.5, 0.6) is 0 Å². The molecule has 1 aromatic rings. The number of ether oxygens (including phenoxy) is 1. The first-order valence-electron chi connectivity index (χ1n) is 7.45. The van der Waals surface area contributed by atoms with E-state index < -0.39 is 11.3 Å². The van der Waals surface area contributed by atoms with Gasteiger partial charge in [0.2, 0.25) is 5.91 Å². The molecule has 1 amide bonds. The summed E-state index contributed by atoms with van der Waals surface area (Å²) in [6, 6.07) is 9.33. The van der Waals surface area contributed by atoms with Gasteiger partial charge in [-0.15, -0.1) is 0 Å². The van der Waals surface area contributed by atoms with Crippen molar-refractivity contribution in [2.75, 3.05) is 39.5 Å². The van der Waals surface area contributed by atoms with E-state index >= 15 is 0 Å². The maximum absolute atomic E-state index is 12.0. The highest BCUT2D eigenvalue weighted by Crippen LogP contribution is 2.29. The van der Waals surface area contributed by atoms with Crippen LogP contribution in [0.3, 0.4) is 0 Å². The Morgan fingerprint density at radius 2 is 1.95 bits per heavy atom. The van der Waals surface area contributed by atoms with Crippen LogP contribution in [0.25, 0.3) is 0 Å². The van der Waals surface area contributed by atoms with Gasteiger partial charge in [0.1, 0.15) is 0 Å². The van der Waals surface area contributed by atoms with Crippen LogP contribution in [0.2, 0.25) is 0 Å². The molecule has 21 heavy (non-hydrogen) atoms. The molecule has 1 fully saturated rings. The van der Waals surface area contributed by atoms with Crippen molar-refractivity contribution in [3.8, 4) is 0 Å². The lowest BCUT2D eigenvalue weighted by Gasteiger charge is -2.31. The quantitative estimate of drug-likeness (QED) is 0.768. The third-order valence-electron chi connectivity index (χ3n) is 4.25. The summed E-state index contributed by atoms with van der Waals surface area (Å²) in [5.41, 5.74) is 5.42. The molecule has 2 rings (SSSR count). The SMILES string of the molecule is NC(=O)C(CO)(CCCN1CCOCC1)c1ccccc1. The van der Waals surface area contributed by atoms with Gasteiger partial charge in [-0.3, -0.25) is 9.69 Å². The number of hydrogen-bond acceptors (Lipinski definition) is 4. The molecule has 1 unspecified atom stereocenters. The molecular formula is C16H24N2O3. The van der Waals surface area contributed by atoms with E-state index in [0.717, 1.165) is 44.8 Å². The van der Waals surface area contributed by atoms with Gasteiger partial charge in [0, 0.05) is 13.1 Å². The maximum atomic E-state index is 12.0. The molecule has 1 saturated heterocycles. The molecule has 0 aliphatic carbocycles. The van der Waals surface area contributed by atoms with E-state index in [1.807, 2.05) is 30.3 Å². The lowest BCUT2D eigenvalue weighted by Crippen LogP contribution is -2.45. The predicted molar refractivity (Wildman–Crippen MR) is 80.9 cm³/mol. The van der Waals surface area contributed by atoms with E-state index in [-0.39, 0.29) is 6.61 Å². The Morgan fingerprint density at radius 1 is 1.29 bits per heavy atom. The predicted octanol–water partition coefficient (Wildman–Crippen LogP) is 0.514. The van der Waals surface area contributed by atoms with E-state index in [1.54, 1.807) is 0 Å². The topological polar surface area (TPSA) is 75.8 Å². The summed E-state index contributed by atoms with van der Waals surface area (Å²) in [5.74, 6) is -0.460. The number of benzene rings is 1. The maximum Gasteiger partial charge on any atom is 0.230 e. The molecule has 1 aliphatic rings. The van der Waals surface area contributed by atoms with Gasteiger partial charge in [0.25, 0.3) is 0 Å². The van der Waals surface area contributed by atoms with Crippen molar-refractivity contribution in [2.24, 2.45) is 5.73 Å². The highest BCUT2D eigenvalue weighted by molar-refractivity contribution is 5.86. The summed E-state index contributed by atoms with van der Waals surface area (Å²) >= 11 is 0. The average Bonchev–Trinajstić information content (AvgIpc) is 2.53. The minimum absolute atomic E-state index is 0.255. The Morgan fingerprint density at radius 3 is 2.52 bits per heavy atom. The summed E-state index contributed by atoms with van der Waals surface area (Å²) in [7, 11) is 0. The first-order chi connectivity index (χ1) is 10.2. The number of nitrogens with zero attached hydrogens (tertiary/aromatic N) is 1. The number of aliphatic hydroxyl groups excluding tert-OH is 1. The number of carbonyl (C=O) groups excluding carboxylic acids is 1. The fourth-order valence-corrected chi connectivity index (χ4v) is 2.84. The second-order valence-corrected chi connectivity index (χ2v) is 5.53. The van der Waals surface area contributed by atoms with Gasteiger partial charge >= 0.3 is 0 Å². The van der Waals surface area contributed by atoms with E-state index in [4.69, 9.17) is 10.5 Å². The van der Waals surface area contributed by atoms with Gasteiger partial charge in [-0.05, 0) is 24.9 Å². The molecule has 1 aromatic carbocycles. The standard InChI is InChI=1S/C16H24N2O3/c17-15(20)16(13-19,14-5-2-1-3-6-14)7-4-8-18-9-11-21-12-10-18/h1-3,5-6,19H,4,7-13H2,(H2,17,20). The smallest absolute Gasteiger partial charge is 0.230 e. The Labute approximate surface area is 125 Å². The Balaban J connectivity index is 2.01. The zero-order valence-corrected chi connectivity index (χ0v) is 12.3. The number of hydrogen-bond donors (Lipinski definition) is 2. The van der Waals surface area contributed by atoms with Gasteiger partial charge in [-0.1, -0.05) is 30.3 Å². The van der Waals surface area contributed by atoms with Crippen LogP contribution >= 0.6 is 0 Å². The van der Waals surface area contributed by atoms with Crippen molar-refractivity contribution in [1.82, 2.24) is 4.90 Å². The average molecular weight is 292 g/mol. The molecule has 1 aliphatic heterocycles. The third kappa shape index (κ3) is 3.81. The van der Waals surface area contributed by atoms with Crippen LogP contribution < -0.4 is 5.73 Å². The first kappa shape index (κ1) is 15.9.